The summed E-state index contributed by atoms with van der Waals surface area (Å²) in [7, 11) is 0. The van der Waals surface area contributed by atoms with Gasteiger partial charge < -0.3 is 0 Å². The van der Waals surface area contributed by atoms with E-state index in [0.717, 1.165) is 0 Å². The molecule has 0 saturated heterocycles. The molecule has 1 heterocycles. The molecule has 0 unspecified atom stereocenters. The molecule has 0 radical (unpaired) electrons. The van der Waals surface area contributed by atoms with Crippen LogP contribution in [0.1, 0.15) is 10.4 Å². The van der Waals surface area contributed by atoms with Gasteiger partial charge in [0, 0.05) is 4.47 Å². The van der Waals surface area contributed by atoms with Crippen LogP contribution < -0.4 is 5.32 Å². The van der Waals surface area contributed by atoms with Gasteiger partial charge in [-0.15, -0.1) is 0 Å². The van der Waals surface area contributed by atoms with Crippen LogP contribution in [0.2, 0.25) is 0 Å². The molecule has 2 aromatic rings. The monoisotopic (exact) mass is 284 g/mol. The average molecular weight is 285 g/mol. The van der Waals surface area contributed by atoms with E-state index in [9.17, 15) is 9.18 Å². The molecule has 5 nitrogen and oxygen atoms in total. The van der Waals surface area contributed by atoms with Gasteiger partial charge in [0.15, 0.2) is 0 Å². The van der Waals surface area contributed by atoms with Crippen molar-refractivity contribution < 1.29 is 9.18 Å². The van der Waals surface area contributed by atoms with Crippen molar-refractivity contribution >= 4 is 27.8 Å². The number of carbonyl (C=O) groups is 1. The van der Waals surface area contributed by atoms with Gasteiger partial charge in [-0.05, 0) is 34.1 Å². The maximum absolute atomic E-state index is 12.8. The van der Waals surface area contributed by atoms with Crippen molar-refractivity contribution in [1.29, 1.82) is 0 Å². The number of amides is 1. The van der Waals surface area contributed by atoms with Gasteiger partial charge in [0.25, 0.3) is 5.91 Å². The van der Waals surface area contributed by atoms with Crippen molar-refractivity contribution in [3.63, 3.8) is 0 Å². The lowest BCUT2D eigenvalue weighted by Crippen LogP contribution is -2.13. The van der Waals surface area contributed by atoms with Crippen LogP contribution >= 0.6 is 15.9 Å². The van der Waals surface area contributed by atoms with E-state index in [2.05, 4.69) is 36.4 Å². The number of H-pyrrole nitrogens is 1. The Bertz CT molecular complexity index is 514. The highest BCUT2D eigenvalue weighted by molar-refractivity contribution is 9.10. The van der Waals surface area contributed by atoms with E-state index in [1.54, 1.807) is 0 Å². The largest absolute Gasteiger partial charge is 0.291 e. The van der Waals surface area contributed by atoms with Gasteiger partial charge in [-0.3, -0.25) is 10.1 Å². The van der Waals surface area contributed by atoms with Gasteiger partial charge in [-0.2, -0.15) is 10.1 Å². The summed E-state index contributed by atoms with van der Waals surface area (Å²) in [5.74, 6) is -0.576. The van der Waals surface area contributed by atoms with Crippen LogP contribution in [0.3, 0.4) is 0 Å². The molecule has 1 amide bonds. The van der Waals surface area contributed by atoms with Gasteiger partial charge in [-0.25, -0.2) is 9.49 Å². The fourth-order valence-electron chi connectivity index (χ4n) is 1.11. The zero-order valence-corrected chi connectivity index (χ0v) is 9.45. The Kier molecular flexibility index (Phi) is 2.95. The van der Waals surface area contributed by atoms with E-state index in [-0.39, 0.29) is 5.95 Å². The maximum atomic E-state index is 12.8. The van der Waals surface area contributed by atoms with Crippen molar-refractivity contribution in [2.75, 3.05) is 5.32 Å². The van der Waals surface area contributed by atoms with Crippen LogP contribution in [0.5, 0.6) is 0 Å². The number of halogens is 2. The Morgan fingerprint density at radius 2 is 2.31 bits per heavy atom. The van der Waals surface area contributed by atoms with Crippen molar-refractivity contribution in [2.24, 2.45) is 0 Å². The van der Waals surface area contributed by atoms with Crippen LogP contribution in [0.25, 0.3) is 0 Å². The number of carbonyl (C=O) groups excluding carboxylic acids is 1. The normalized spacial score (nSPS) is 10.1. The number of hydrogen-bond donors (Lipinski definition) is 2. The third kappa shape index (κ3) is 2.25. The summed E-state index contributed by atoms with van der Waals surface area (Å²) in [6.45, 7) is 0. The highest BCUT2D eigenvalue weighted by Crippen LogP contribution is 2.18. The van der Waals surface area contributed by atoms with Crippen molar-refractivity contribution in [1.82, 2.24) is 15.2 Å². The topological polar surface area (TPSA) is 70.7 Å². The molecule has 2 rings (SSSR count). The molecule has 0 spiro atoms. The number of benzene rings is 1. The fraction of sp³-hybridized carbons (Fsp3) is 0. The van der Waals surface area contributed by atoms with E-state index in [0.29, 0.717) is 10.0 Å². The Morgan fingerprint density at radius 3 is 2.94 bits per heavy atom. The van der Waals surface area contributed by atoms with Crippen LogP contribution in [0, 0.1) is 5.82 Å². The van der Waals surface area contributed by atoms with E-state index >= 15 is 0 Å². The molecule has 0 fully saturated rings. The zero-order valence-electron chi connectivity index (χ0n) is 7.87. The molecule has 82 valence electrons. The van der Waals surface area contributed by atoms with Crippen LogP contribution in [0.15, 0.2) is 29.0 Å². The number of rotatable bonds is 2. The van der Waals surface area contributed by atoms with Gasteiger partial charge in [-0.1, -0.05) is 0 Å². The first-order valence-corrected chi connectivity index (χ1v) is 5.08. The first-order valence-electron chi connectivity index (χ1n) is 4.28. The highest BCUT2D eigenvalue weighted by Gasteiger charge is 2.11. The fourth-order valence-corrected chi connectivity index (χ4v) is 1.65. The molecule has 1 aromatic heterocycles. The smallest absolute Gasteiger partial charge is 0.259 e. The Balaban J connectivity index is 2.21. The molecule has 2 N–H and O–H groups in total. The van der Waals surface area contributed by atoms with Gasteiger partial charge in [0.1, 0.15) is 12.1 Å². The quantitative estimate of drug-likeness (QED) is 0.886. The SMILES string of the molecule is O=C(Nc1ncn[nH]1)c1ccc(F)cc1Br. The molecule has 0 bridgehead atoms. The Labute approximate surface area is 98.2 Å². The lowest BCUT2D eigenvalue weighted by molar-refractivity contribution is 0.102. The summed E-state index contributed by atoms with van der Waals surface area (Å²) in [6, 6.07) is 3.81. The summed E-state index contributed by atoms with van der Waals surface area (Å²) in [5.41, 5.74) is 0.317. The summed E-state index contributed by atoms with van der Waals surface area (Å²) in [5, 5.41) is 8.55. The van der Waals surface area contributed by atoms with E-state index < -0.39 is 11.7 Å². The third-order valence-corrected chi connectivity index (χ3v) is 2.48. The minimum atomic E-state index is -0.414. The second kappa shape index (κ2) is 4.40. The zero-order chi connectivity index (χ0) is 11.5. The third-order valence-electron chi connectivity index (χ3n) is 1.82. The van der Waals surface area contributed by atoms with Crippen molar-refractivity contribution in [3.8, 4) is 0 Å². The lowest BCUT2D eigenvalue weighted by Gasteiger charge is -2.03. The minimum absolute atomic E-state index is 0.237. The van der Waals surface area contributed by atoms with E-state index in [1.807, 2.05) is 0 Å². The number of hydrogen-bond acceptors (Lipinski definition) is 3. The Hall–Kier alpha value is -1.76. The summed E-state index contributed by atoms with van der Waals surface area (Å²) in [4.78, 5) is 15.4. The number of aromatic nitrogens is 3. The van der Waals surface area contributed by atoms with Gasteiger partial charge >= 0.3 is 0 Å². The van der Waals surface area contributed by atoms with E-state index in [1.165, 1.54) is 24.5 Å². The molecule has 0 atom stereocenters. The first-order chi connectivity index (χ1) is 7.66. The van der Waals surface area contributed by atoms with Gasteiger partial charge in [0.2, 0.25) is 5.95 Å². The predicted octanol–water partition coefficient (Wildman–Crippen LogP) is 1.96. The standard InChI is InChI=1S/C9H6BrFN4O/c10-7-3-5(11)1-2-6(7)8(16)14-9-12-4-13-15-9/h1-4H,(H2,12,13,14,15,16). The van der Waals surface area contributed by atoms with Crippen LogP contribution in [-0.4, -0.2) is 21.1 Å². The number of nitrogens with zero attached hydrogens (tertiary/aromatic N) is 2. The molecule has 0 aliphatic rings. The molecule has 1 aromatic carbocycles. The first kappa shape index (κ1) is 10.7. The molecule has 0 aliphatic carbocycles. The Morgan fingerprint density at radius 1 is 1.50 bits per heavy atom. The number of anilines is 1. The van der Waals surface area contributed by atoms with Crippen molar-refractivity contribution in [2.45, 2.75) is 0 Å². The van der Waals surface area contributed by atoms with E-state index in [4.69, 9.17) is 0 Å². The minimum Gasteiger partial charge on any atom is -0.291 e. The molecule has 0 aliphatic heterocycles. The van der Waals surface area contributed by atoms with Crippen molar-refractivity contribution in [3.05, 3.63) is 40.4 Å². The molecular weight excluding hydrogens is 279 g/mol. The molecule has 7 heteroatoms. The average Bonchev–Trinajstić information content (AvgIpc) is 2.70. The predicted molar refractivity (Wildman–Crippen MR) is 58.4 cm³/mol. The summed E-state index contributed by atoms with van der Waals surface area (Å²) >= 11 is 3.10. The van der Waals surface area contributed by atoms with Crippen LogP contribution in [0.4, 0.5) is 10.3 Å². The maximum Gasteiger partial charge on any atom is 0.259 e. The molecule has 0 saturated carbocycles. The number of aromatic amines is 1. The lowest BCUT2D eigenvalue weighted by atomic mass is 10.2. The summed E-state index contributed by atoms with van der Waals surface area (Å²) < 4.78 is 13.2. The molecule has 16 heavy (non-hydrogen) atoms. The molecular formula is C9H6BrFN4O. The number of nitrogens with one attached hydrogen (secondary N) is 2. The van der Waals surface area contributed by atoms with Crippen LogP contribution in [-0.2, 0) is 0 Å². The second-order valence-electron chi connectivity index (χ2n) is 2.91. The highest BCUT2D eigenvalue weighted by atomic mass is 79.9. The second-order valence-corrected chi connectivity index (χ2v) is 3.77. The summed E-state index contributed by atoms with van der Waals surface area (Å²) in [6.07, 6.45) is 1.27. The van der Waals surface area contributed by atoms with Gasteiger partial charge in [0.05, 0.1) is 5.56 Å².